The van der Waals surface area contributed by atoms with Gasteiger partial charge in [-0.15, -0.1) is 0 Å². The second-order valence-electron chi connectivity index (χ2n) is 12.3. The number of nitrogen functional groups attached to an aromatic ring is 1. The molecule has 4 N–H and O–H groups in total. The lowest BCUT2D eigenvalue weighted by Gasteiger charge is -2.38. The highest BCUT2D eigenvalue weighted by Gasteiger charge is 2.39. The molecule has 2 amide bonds. The number of nitrogens with one attached hydrogen (secondary N) is 1. The van der Waals surface area contributed by atoms with Crippen molar-refractivity contribution < 1.29 is 19.4 Å². The average molecular weight is 541 g/mol. The van der Waals surface area contributed by atoms with Crippen molar-refractivity contribution in [2.24, 2.45) is 0 Å². The van der Waals surface area contributed by atoms with Gasteiger partial charge < -0.3 is 25.4 Å². The number of carbonyl (C=O) groups is 2. The smallest absolute Gasteiger partial charge is 0.412 e. The number of carboxylic acid groups (broad SMARTS) is 1. The van der Waals surface area contributed by atoms with Gasteiger partial charge in [0.25, 0.3) is 0 Å². The van der Waals surface area contributed by atoms with Gasteiger partial charge in [-0.2, -0.15) is 0 Å². The van der Waals surface area contributed by atoms with Crippen molar-refractivity contribution in [3.63, 3.8) is 0 Å². The molecule has 0 aliphatic carbocycles. The molecule has 0 saturated carbocycles. The van der Waals surface area contributed by atoms with E-state index in [0.29, 0.717) is 17.9 Å². The van der Waals surface area contributed by atoms with Gasteiger partial charge in [-0.1, -0.05) is 31.8 Å². The molecule has 1 aliphatic rings. The van der Waals surface area contributed by atoms with E-state index in [2.05, 4.69) is 42.8 Å². The summed E-state index contributed by atoms with van der Waals surface area (Å²) in [5.74, 6) is 0. The normalized spacial score (nSPS) is 16.7. The Bertz CT molecular complexity index is 1140. The maximum Gasteiger partial charge on any atom is 0.412 e. The number of amides is 2. The first-order valence-corrected chi connectivity index (χ1v) is 17.0. The fourth-order valence-electron chi connectivity index (χ4n) is 4.86. The van der Waals surface area contributed by atoms with Gasteiger partial charge in [0.15, 0.2) is 0 Å². The van der Waals surface area contributed by atoms with Crippen LogP contribution in [-0.2, 0) is 17.6 Å². The van der Waals surface area contributed by atoms with E-state index in [1.54, 1.807) is 4.90 Å². The molecule has 1 heterocycles. The molecule has 0 aromatic heterocycles. The summed E-state index contributed by atoms with van der Waals surface area (Å²) in [7, 11) is -1.67. The van der Waals surface area contributed by atoms with Gasteiger partial charge in [0.2, 0.25) is 0 Å². The van der Waals surface area contributed by atoms with Crippen LogP contribution in [0.4, 0.5) is 26.7 Å². The van der Waals surface area contributed by atoms with Crippen LogP contribution in [0.5, 0.6) is 0 Å². The third-order valence-electron chi connectivity index (χ3n) is 7.15. The molecule has 3 rings (SSSR count). The molecule has 208 valence electrons. The summed E-state index contributed by atoms with van der Waals surface area (Å²) in [6.07, 6.45) is 1.04. The zero-order valence-corrected chi connectivity index (χ0v) is 24.9. The molecule has 0 bridgehead atoms. The largest absolute Gasteiger partial charge is 0.465 e. The number of rotatable bonds is 8. The van der Waals surface area contributed by atoms with Crippen LogP contribution in [0.3, 0.4) is 0 Å². The van der Waals surface area contributed by atoms with E-state index in [9.17, 15) is 14.7 Å². The molecule has 1 saturated heterocycles. The second-order valence-corrected chi connectivity index (χ2v) is 17.9. The zero-order chi connectivity index (χ0) is 28.3. The Kier molecular flexibility index (Phi) is 9.02. The van der Waals surface area contributed by atoms with Crippen LogP contribution in [0, 0.1) is 0 Å². The van der Waals surface area contributed by atoms with Gasteiger partial charge in [0.1, 0.15) is 5.60 Å². The summed E-state index contributed by atoms with van der Waals surface area (Å²) in [6, 6.07) is 13.7. The molecular formula is C29H44N4O4Si. The van der Waals surface area contributed by atoms with E-state index in [0.717, 1.165) is 42.6 Å². The Labute approximate surface area is 228 Å². The van der Waals surface area contributed by atoms with Crippen molar-refractivity contribution in [2.45, 2.75) is 83.9 Å². The van der Waals surface area contributed by atoms with Crippen molar-refractivity contribution in [2.75, 3.05) is 29.0 Å². The lowest BCUT2D eigenvalue weighted by atomic mass is 10.0. The van der Waals surface area contributed by atoms with Gasteiger partial charge in [-0.25, -0.2) is 9.59 Å². The lowest BCUT2D eigenvalue weighted by Crippen LogP contribution is -2.56. The third-order valence-corrected chi connectivity index (χ3v) is 9.93. The van der Waals surface area contributed by atoms with E-state index >= 15 is 0 Å². The molecule has 2 atom stereocenters. The van der Waals surface area contributed by atoms with Crippen LogP contribution in [0.2, 0.25) is 19.6 Å². The van der Waals surface area contributed by atoms with Crippen molar-refractivity contribution in [1.29, 1.82) is 0 Å². The van der Waals surface area contributed by atoms with Gasteiger partial charge >= 0.3 is 12.2 Å². The fourth-order valence-corrected chi connectivity index (χ4v) is 6.02. The highest BCUT2D eigenvalue weighted by molar-refractivity contribution is 6.77. The highest BCUT2D eigenvalue weighted by Crippen LogP contribution is 2.31. The number of hydrogen-bond acceptors (Lipinski definition) is 5. The van der Waals surface area contributed by atoms with Crippen LogP contribution in [0.15, 0.2) is 42.5 Å². The number of hydrogen-bond donors (Lipinski definition) is 3. The number of nitrogens with zero attached hydrogens (tertiary/aromatic N) is 2. The minimum atomic E-state index is -1.67. The quantitative estimate of drug-likeness (QED) is 0.271. The minimum Gasteiger partial charge on any atom is -0.465 e. The summed E-state index contributed by atoms with van der Waals surface area (Å²) in [5.41, 5.74) is 10.4. The summed E-state index contributed by atoms with van der Waals surface area (Å²) in [5, 5.41) is 12.8. The SMILES string of the molecule is CC(N(C(=O)O)C1CCN(c2ccc(N)cc2CCc2cccc(NC(=O)OC(C)(C)C)c2)C1)[Si](C)(C)C. The summed E-state index contributed by atoms with van der Waals surface area (Å²) >= 11 is 0. The van der Waals surface area contributed by atoms with Crippen LogP contribution in [0.1, 0.15) is 45.2 Å². The fraction of sp³-hybridized carbons (Fsp3) is 0.517. The van der Waals surface area contributed by atoms with E-state index < -0.39 is 25.9 Å². The van der Waals surface area contributed by atoms with Crippen LogP contribution >= 0.6 is 0 Å². The molecule has 38 heavy (non-hydrogen) atoms. The van der Waals surface area contributed by atoms with Crippen LogP contribution < -0.4 is 16.0 Å². The Morgan fingerprint density at radius 3 is 2.53 bits per heavy atom. The predicted molar refractivity (Wildman–Crippen MR) is 158 cm³/mol. The highest BCUT2D eigenvalue weighted by atomic mass is 28.3. The number of anilines is 3. The number of carbonyl (C=O) groups excluding carboxylic acids is 1. The molecular weight excluding hydrogens is 496 g/mol. The Balaban J connectivity index is 1.72. The van der Waals surface area contributed by atoms with Crippen molar-refractivity contribution in [1.82, 2.24) is 4.90 Å². The van der Waals surface area contributed by atoms with Crippen molar-refractivity contribution in [3.8, 4) is 0 Å². The first-order valence-electron chi connectivity index (χ1n) is 13.4. The second kappa shape index (κ2) is 11.7. The molecule has 8 nitrogen and oxygen atoms in total. The molecule has 9 heteroatoms. The predicted octanol–water partition coefficient (Wildman–Crippen LogP) is 6.23. The number of nitrogens with two attached hydrogens (primary N) is 1. The maximum atomic E-state index is 12.2. The monoisotopic (exact) mass is 540 g/mol. The first kappa shape index (κ1) is 29.4. The Morgan fingerprint density at radius 2 is 1.89 bits per heavy atom. The number of benzene rings is 2. The van der Waals surface area contributed by atoms with Crippen LogP contribution in [0.25, 0.3) is 0 Å². The van der Waals surface area contributed by atoms with Crippen molar-refractivity contribution >= 4 is 37.3 Å². The number of ether oxygens (including phenoxy) is 1. The summed E-state index contributed by atoms with van der Waals surface area (Å²) in [4.78, 5) is 28.4. The standard InChI is InChI=1S/C29H44N4O4Si/c1-20(38(5,6)7)33(28(35)36)25-15-16-32(19-25)26-14-13-23(30)18-22(26)12-11-21-9-8-10-24(17-21)31-27(34)37-29(2,3)4/h8-10,13-14,17-18,20,25H,11-12,15-16,19,30H2,1-7H3,(H,31,34)(H,35,36). The molecule has 0 spiro atoms. The number of aryl methyl sites for hydroxylation is 2. The molecule has 2 unspecified atom stereocenters. The van der Waals surface area contributed by atoms with E-state index in [-0.39, 0.29) is 11.7 Å². The first-order chi connectivity index (χ1) is 17.6. The van der Waals surface area contributed by atoms with E-state index in [4.69, 9.17) is 10.5 Å². The maximum absolute atomic E-state index is 12.2. The van der Waals surface area contributed by atoms with Gasteiger partial charge in [0.05, 0.1) is 14.1 Å². The summed E-state index contributed by atoms with van der Waals surface area (Å²) < 4.78 is 5.36. The van der Waals surface area contributed by atoms with Crippen molar-refractivity contribution in [3.05, 3.63) is 53.6 Å². The van der Waals surface area contributed by atoms with E-state index in [1.807, 2.05) is 57.2 Å². The Morgan fingerprint density at radius 1 is 1.18 bits per heavy atom. The molecule has 2 aromatic rings. The van der Waals surface area contributed by atoms with Gasteiger partial charge in [-0.05, 0) is 88.4 Å². The summed E-state index contributed by atoms with van der Waals surface area (Å²) in [6.45, 7) is 15.7. The van der Waals surface area contributed by atoms with Gasteiger partial charge in [0, 0.05) is 35.8 Å². The lowest BCUT2D eigenvalue weighted by molar-refractivity contribution is 0.0635. The molecule has 1 fully saturated rings. The molecule has 1 aliphatic heterocycles. The minimum absolute atomic E-state index is 0.0322. The van der Waals surface area contributed by atoms with Gasteiger partial charge in [-0.3, -0.25) is 5.32 Å². The molecule has 2 aromatic carbocycles. The Hall–Kier alpha value is -3.20. The molecule has 0 radical (unpaired) electrons. The third kappa shape index (κ3) is 7.90. The zero-order valence-electron chi connectivity index (χ0n) is 23.9. The van der Waals surface area contributed by atoms with Crippen LogP contribution in [-0.4, -0.2) is 60.7 Å². The van der Waals surface area contributed by atoms with E-state index in [1.165, 1.54) is 0 Å². The average Bonchev–Trinajstić information content (AvgIpc) is 3.25. The topological polar surface area (TPSA) is 108 Å².